The molecule has 1 aromatic heterocycles. The van der Waals surface area contributed by atoms with Crippen molar-refractivity contribution in [1.82, 2.24) is 19.8 Å². The molecule has 172 valence electrons. The number of nitrogens with zero attached hydrogens (tertiary/aromatic N) is 3. The number of imidazole rings is 1. The van der Waals surface area contributed by atoms with Crippen molar-refractivity contribution in [3.8, 4) is 0 Å². The number of hydrogen-bond acceptors (Lipinski definition) is 5. The molecule has 2 rings (SSSR count). The Labute approximate surface area is 191 Å². The topological polar surface area (TPSA) is 76.5 Å². The number of sulfone groups is 1. The second-order valence-corrected chi connectivity index (χ2v) is 10.6. The Kier molecular flexibility index (Phi) is 9.46. The van der Waals surface area contributed by atoms with Crippen molar-refractivity contribution in [2.45, 2.75) is 57.7 Å². The van der Waals surface area contributed by atoms with Crippen LogP contribution in [0.5, 0.6) is 0 Å². The third kappa shape index (κ3) is 7.59. The van der Waals surface area contributed by atoms with E-state index in [2.05, 4.69) is 29.0 Å². The van der Waals surface area contributed by atoms with E-state index in [1.807, 2.05) is 32.0 Å². The van der Waals surface area contributed by atoms with E-state index in [9.17, 15) is 8.42 Å². The minimum Gasteiger partial charge on any atom is -0.383 e. The van der Waals surface area contributed by atoms with Gasteiger partial charge in [0.2, 0.25) is 15.0 Å². The van der Waals surface area contributed by atoms with E-state index in [4.69, 9.17) is 17.0 Å². The van der Waals surface area contributed by atoms with Gasteiger partial charge in [-0.3, -0.25) is 0 Å². The highest BCUT2D eigenvalue weighted by molar-refractivity contribution is 7.90. The van der Waals surface area contributed by atoms with Gasteiger partial charge in [-0.25, -0.2) is 13.4 Å². The summed E-state index contributed by atoms with van der Waals surface area (Å²) in [6.45, 7) is 10.3. The van der Waals surface area contributed by atoms with Gasteiger partial charge in [0.1, 0.15) is 0 Å². The quantitative estimate of drug-likeness (QED) is 0.510. The first-order valence-electron chi connectivity index (χ1n) is 10.5. The lowest BCUT2D eigenvalue weighted by Crippen LogP contribution is -2.44. The lowest BCUT2D eigenvalue weighted by atomic mass is 10.2. The van der Waals surface area contributed by atoms with Crippen LogP contribution >= 0.6 is 12.2 Å². The first-order valence-corrected chi connectivity index (χ1v) is 12.6. The molecule has 0 aliphatic heterocycles. The Hall–Kier alpha value is -1.97. The molecule has 1 heterocycles. The van der Waals surface area contributed by atoms with E-state index < -0.39 is 9.84 Å². The van der Waals surface area contributed by atoms with Crippen LogP contribution in [0.2, 0.25) is 0 Å². The standard InChI is InChI=1S/C22H34N4O3S2/c1-17(2)14-25(21(30)24-18(3)4)15-20-13-23-22(26(20)11-12-29-5)31(27,28)16-19-9-7-6-8-10-19/h6-10,13,17-18H,11-12,14-16H2,1-5H3,(H,24,30). The highest BCUT2D eigenvalue weighted by Crippen LogP contribution is 2.19. The van der Waals surface area contributed by atoms with Crippen molar-refractivity contribution in [3.05, 3.63) is 47.8 Å². The van der Waals surface area contributed by atoms with E-state index in [1.165, 1.54) is 0 Å². The molecule has 31 heavy (non-hydrogen) atoms. The minimum absolute atomic E-state index is 0.0654. The van der Waals surface area contributed by atoms with Crippen molar-refractivity contribution in [2.75, 3.05) is 20.3 Å². The first-order chi connectivity index (χ1) is 14.6. The predicted octanol–water partition coefficient (Wildman–Crippen LogP) is 3.24. The number of nitrogens with one attached hydrogen (secondary N) is 1. The summed E-state index contributed by atoms with van der Waals surface area (Å²) in [7, 11) is -2.02. The summed E-state index contributed by atoms with van der Waals surface area (Å²) in [4.78, 5) is 6.38. The van der Waals surface area contributed by atoms with Gasteiger partial charge >= 0.3 is 0 Å². The Morgan fingerprint density at radius 1 is 1.23 bits per heavy atom. The third-order valence-corrected chi connectivity index (χ3v) is 6.51. The maximum absolute atomic E-state index is 13.2. The molecule has 0 spiro atoms. The number of ether oxygens (including phenoxy) is 1. The van der Waals surface area contributed by atoms with Crippen molar-refractivity contribution >= 4 is 27.2 Å². The van der Waals surface area contributed by atoms with E-state index in [-0.39, 0.29) is 17.0 Å². The van der Waals surface area contributed by atoms with Gasteiger partial charge in [0.15, 0.2) is 5.11 Å². The Morgan fingerprint density at radius 3 is 2.48 bits per heavy atom. The van der Waals surface area contributed by atoms with Gasteiger partial charge in [-0.2, -0.15) is 0 Å². The maximum Gasteiger partial charge on any atom is 0.228 e. The summed E-state index contributed by atoms with van der Waals surface area (Å²) < 4.78 is 33.3. The summed E-state index contributed by atoms with van der Waals surface area (Å²) >= 11 is 5.61. The van der Waals surface area contributed by atoms with Crippen molar-refractivity contribution in [1.29, 1.82) is 0 Å². The first kappa shape index (κ1) is 25.3. The van der Waals surface area contributed by atoms with Crippen molar-refractivity contribution < 1.29 is 13.2 Å². The zero-order valence-corrected chi connectivity index (χ0v) is 20.7. The van der Waals surface area contributed by atoms with Gasteiger partial charge in [0.25, 0.3) is 0 Å². The summed E-state index contributed by atoms with van der Waals surface area (Å²) in [5.74, 6) is 0.295. The van der Waals surface area contributed by atoms with Crippen LogP contribution in [0.15, 0.2) is 41.7 Å². The molecule has 1 N–H and O–H groups in total. The Bertz CT molecular complexity index is 941. The number of thiocarbonyl (C=S) groups is 1. The van der Waals surface area contributed by atoms with Crippen LogP contribution in [0.25, 0.3) is 0 Å². The van der Waals surface area contributed by atoms with E-state index in [0.717, 1.165) is 17.8 Å². The molecule has 0 radical (unpaired) electrons. The molecule has 0 aliphatic rings. The number of methoxy groups -OCH3 is 1. The monoisotopic (exact) mass is 466 g/mol. The highest BCUT2D eigenvalue weighted by Gasteiger charge is 2.25. The van der Waals surface area contributed by atoms with Crippen molar-refractivity contribution in [2.24, 2.45) is 5.92 Å². The van der Waals surface area contributed by atoms with Crippen molar-refractivity contribution in [3.63, 3.8) is 0 Å². The van der Waals surface area contributed by atoms with E-state index in [0.29, 0.717) is 30.7 Å². The average molecular weight is 467 g/mol. The molecule has 7 nitrogen and oxygen atoms in total. The summed E-state index contributed by atoms with van der Waals surface area (Å²) in [5.41, 5.74) is 1.52. The van der Waals surface area contributed by atoms with Gasteiger partial charge in [0.05, 0.1) is 30.8 Å². The Balaban J connectivity index is 2.36. The molecule has 0 fully saturated rings. The molecule has 0 saturated carbocycles. The second kappa shape index (κ2) is 11.6. The van der Waals surface area contributed by atoms with Crippen LogP contribution in [0.4, 0.5) is 0 Å². The zero-order chi connectivity index (χ0) is 23.0. The van der Waals surface area contributed by atoms with E-state index >= 15 is 0 Å². The fourth-order valence-electron chi connectivity index (χ4n) is 3.24. The molecule has 0 saturated heterocycles. The molecule has 0 atom stereocenters. The Morgan fingerprint density at radius 2 is 1.90 bits per heavy atom. The van der Waals surface area contributed by atoms with Crippen LogP contribution in [0.1, 0.15) is 39.0 Å². The van der Waals surface area contributed by atoms with Gasteiger partial charge in [-0.05, 0) is 37.5 Å². The molecule has 0 aliphatic carbocycles. The summed E-state index contributed by atoms with van der Waals surface area (Å²) in [6.07, 6.45) is 1.64. The number of benzene rings is 1. The number of hydrogen-bond donors (Lipinski definition) is 1. The van der Waals surface area contributed by atoms with E-state index in [1.54, 1.807) is 30.0 Å². The highest BCUT2D eigenvalue weighted by atomic mass is 32.2. The lowest BCUT2D eigenvalue weighted by Gasteiger charge is -2.29. The normalized spacial score (nSPS) is 11.8. The zero-order valence-electron chi connectivity index (χ0n) is 19.0. The van der Waals surface area contributed by atoms with Gasteiger partial charge < -0.3 is 19.5 Å². The summed E-state index contributed by atoms with van der Waals surface area (Å²) in [6, 6.07) is 9.36. The fourth-order valence-corrected chi connectivity index (χ4v) is 5.13. The second-order valence-electron chi connectivity index (χ2n) is 8.30. The minimum atomic E-state index is -3.62. The third-order valence-electron chi connectivity index (χ3n) is 4.54. The lowest BCUT2D eigenvalue weighted by molar-refractivity contribution is 0.182. The smallest absolute Gasteiger partial charge is 0.228 e. The maximum atomic E-state index is 13.2. The van der Waals surface area contributed by atoms with Gasteiger partial charge in [0, 0.05) is 26.2 Å². The molecule has 1 aromatic carbocycles. The largest absolute Gasteiger partial charge is 0.383 e. The molecule has 0 amide bonds. The van der Waals surface area contributed by atoms with Gasteiger partial charge in [-0.1, -0.05) is 44.2 Å². The summed E-state index contributed by atoms with van der Waals surface area (Å²) in [5, 5.41) is 4.00. The van der Waals surface area contributed by atoms with Crippen LogP contribution in [-0.4, -0.2) is 54.3 Å². The SMILES string of the molecule is COCCn1c(CN(CC(C)C)C(=S)NC(C)C)cnc1S(=O)(=O)Cc1ccccc1. The molecule has 0 bridgehead atoms. The number of aromatic nitrogens is 2. The van der Waals surface area contributed by atoms with Crippen LogP contribution in [0.3, 0.4) is 0 Å². The number of rotatable bonds is 11. The molecule has 2 aromatic rings. The molecular weight excluding hydrogens is 432 g/mol. The van der Waals surface area contributed by atoms with Gasteiger partial charge in [-0.15, -0.1) is 0 Å². The van der Waals surface area contributed by atoms with Crippen LogP contribution < -0.4 is 5.32 Å². The van der Waals surface area contributed by atoms with Crippen LogP contribution in [-0.2, 0) is 33.4 Å². The molecular formula is C22H34N4O3S2. The van der Waals surface area contributed by atoms with Crippen LogP contribution in [0, 0.1) is 5.92 Å². The fraction of sp³-hybridized carbons (Fsp3) is 0.545. The predicted molar refractivity (Wildman–Crippen MR) is 128 cm³/mol. The molecule has 0 unspecified atom stereocenters. The average Bonchev–Trinajstić information content (AvgIpc) is 3.08. The molecule has 9 heteroatoms.